The van der Waals surface area contributed by atoms with Gasteiger partial charge in [-0.3, -0.25) is 4.55 Å². The van der Waals surface area contributed by atoms with Crippen molar-refractivity contribution in [3.63, 3.8) is 0 Å². The van der Waals surface area contributed by atoms with E-state index in [0.717, 1.165) is 10.9 Å². The van der Waals surface area contributed by atoms with Crippen molar-refractivity contribution in [2.75, 3.05) is 0 Å². The van der Waals surface area contributed by atoms with Crippen molar-refractivity contribution in [1.82, 2.24) is 0 Å². The maximum Gasteiger partial charge on any atom is 0.295 e. The molecule has 0 fully saturated rings. The van der Waals surface area contributed by atoms with E-state index in [-0.39, 0.29) is 4.90 Å². The van der Waals surface area contributed by atoms with Gasteiger partial charge >= 0.3 is 0 Å². The zero-order valence-corrected chi connectivity index (χ0v) is 9.88. The van der Waals surface area contributed by atoms with Gasteiger partial charge in [0, 0.05) is 5.39 Å². The van der Waals surface area contributed by atoms with Gasteiger partial charge in [-0.25, -0.2) is 0 Å². The Kier molecular flexibility index (Phi) is 2.48. The average molecular weight is 236 g/mol. The summed E-state index contributed by atoms with van der Waals surface area (Å²) in [4.78, 5) is 0.0168. The molecule has 16 heavy (non-hydrogen) atoms. The Bertz CT molecular complexity index is 657. The molecule has 3 nitrogen and oxygen atoms in total. The second kappa shape index (κ2) is 3.57. The maximum atomic E-state index is 11.4. The summed E-state index contributed by atoms with van der Waals surface area (Å²) in [5.74, 6) is 0. The summed E-state index contributed by atoms with van der Waals surface area (Å²) in [6.45, 7) is 3.51. The molecule has 0 aromatic heterocycles. The summed E-state index contributed by atoms with van der Waals surface area (Å²) < 4.78 is 32.0. The lowest BCUT2D eigenvalue weighted by atomic mass is 10.0. The van der Waals surface area contributed by atoms with E-state index >= 15 is 0 Å². The Morgan fingerprint density at radius 2 is 1.69 bits per heavy atom. The Labute approximate surface area is 94.5 Å². The lowest BCUT2D eigenvalue weighted by molar-refractivity contribution is 0.483. The van der Waals surface area contributed by atoms with Crippen LogP contribution in [-0.4, -0.2) is 13.0 Å². The van der Waals surface area contributed by atoms with Crippen molar-refractivity contribution < 1.29 is 13.0 Å². The SMILES string of the molecule is Cc1ccc2cccc(C)c2c1S(=O)(=O)O. The molecule has 2 rings (SSSR count). The molecule has 0 aliphatic rings. The van der Waals surface area contributed by atoms with E-state index in [2.05, 4.69) is 0 Å². The quantitative estimate of drug-likeness (QED) is 0.774. The minimum atomic E-state index is -4.18. The largest absolute Gasteiger partial charge is 0.295 e. The fourth-order valence-electron chi connectivity index (χ4n) is 1.96. The first-order chi connectivity index (χ1) is 7.41. The summed E-state index contributed by atoms with van der Waals surface area (Å²) in [6.07, 6.45) is 0. The van der Waals surface area contributed by atoms with Gasteiger partial charge in [-0.05, 0) is 30.4 Å². The van der Waals surface area contributed by atoms with Crippen LogP contribution in [-0.2, 0) is 10.1 Å². The molecule has 0 amide bonds. The topological polar surface area (TPSA) is 54.4 Å². The number of hydrogen-bond donors (Lipinski definition) is 1. The molecule has 0 spiro atoms. The molecule has 0 radical (unpaired) electrons. The molecular weight excluding hydrogens is 224 g/mol. The number of fused-ring (bicyclic) bond motifs is 1. The summed E-state index contributed by atoms with van der Waals surface area (Å²) in [5.41, 5.74) is 1.40. The molecule has 0 bridgehead atoms. The normalized spacial score (nSPS) is 11.9. The Hall–Kier alpha value is -1.39. The first-order valence-corrected chi connectivity index (χ1v) is 6.31. The molecule has 84 valence electrons. The van der Waals surface area contributed by atoms with E-state index in [1.807, 2.05) is 31.2 Å². The van der Waals surface area contributed by atoms with E-state index < -0.39 is 10.1 Å². The summed E-state index contributed by atoms with van der Waals surface area (Å²) in [7, 11) is -4.18. The maximum absolute atomic E-state index is 11.4. The van der Waals surface area contributed by atoms with Gasteiger partial charge in [0.25, 0.3) is 10.1 Å². The van der Waals surface area contributed by atoms with Gasteiger partial charge in [0.1, 0.15) is 4.90 Å². The molecule has 0 unspecified atom stereocenters. The van der Waals surface area contributed by atoms with Crippen molar-refractivity contribution in [1.29, 1.82) is 0 Å². The zero-order chi connectivity index (χ0) is 11.9. The molecular formula is C12H12O3S. The number of rotatable bonds is 1. The third-order valence-corrected chi connectivity index (χ3v) is 3.70. The minimum Gasteiger partial charge on any atom is -0.282 e. The van der Waals surface area contributed by atoms with Crippen molar-refractivity contribution in [3.05, 3.63) is 41.5 Å². The molecule has 2 aromatic carbocycles. The Balaban J connectivity index is 3.07. The van der Waals surface area contributed by atoms with Crippen LogP contribution in [0.2, 0.25) is 0 Å². The highest BCUT2D eigenvalue weighted by molar-refractivity contribution is 7.86. The monoisotopic (exact) mass is 236 g/mol. The van der Waals surface area contributed by atoms with Gasteiger partial charge < -0.3 is 0 Å². The van der Waals surface area contributed by atoms with Gasteiger partial charge in [0.05, 0.1) is 0 Å². The first kappa shape index (κ1) is 11.1. The van der Waals surface area contributed by atoms with Crippen LogP contribution in [0.4, 0.5) is 0 Å². The number of benzene rings is 2. The van der Waals surface area contributed by atoms with Gasteiger partial charge in [0.15, 0.2) is 0 Å². The molecule has 0 aliphatic carbocycles. The molecule has 0 atom stereocenters. The fourth-order valence-corrected chi connectivity index (χ4v) is 2.97. The Morgan fingerprint density at radius 3 is 2.31 bits per heavy atom. The summed E-state index contributed by atoms with van der Waals surface area (Å²) in [6, 6.07) is 9.07. The third kappa shape index (κ3) is 1.70. The van der Waals surface area contributed by atoms with Crippen LogP contribution in [0.5, 0.6) is 0 Å². The fraction of sp³-hybridized carbons (Fsp3) is 0.167. The lowest BCUT2D eigenvalue weighted by Crippen LogP contribution is -2.02. The van der Waals surface area contributed by atoms with Crippen LogP contribution in [0, 0.1) is 13.8 Å². The molecule has 0 aliphatic heterocycles. The smallest absolute Gasteiger partial charge is 0.282 e. The molecule has 1 N–H and O–H groups in total. The molecule has 0 saturated carbocycles. The highest BCUT2D eigenvalue weighted by Gasteiger charge is 2.18. The lowest BCUT2D eigenvalue weighted by Gasteiger charge is -2.09. The van der Waals surface area contributed by atoms with Gasteiger partial charge in [-0.2, -0.15) is 8.42 Å². The van der Waals surface area contributed by atoms with Crippen LogP contribution < -0.4 is 0 Å². The molecule has 0 saturated heterocycles. The molecule has 2 aromatic rings. The van der Waals surface area contributed by atoms with E-state index in [9.17, 15) is 13.0 Å². The van der Waals surface area contributed by atoms with Crippen molar-refractivity contribution in [2.24, 2.45) is 0 Å². The second-order valence-electron chi connectivity index (χ2n) is 3.86. The minimum absolute atomic E-state index is 0.0168. The van der Waals surface area contributed by atoms with Crippen molar-refractivity contribution in [2.45, 2.75) is 18.7 Å². The third-order valence-electron chi connectivity index (χ3n) is 2.66. The van der Waals surface area contributed by atoms with Crippen LogP contribution in [0.25, 0.3) is 10.8 Å². The van der Waals surface area contributed by atoms with Crippen molar-refractivity contribution >= 4 is 20.9 Å². The molecule has 4 heteroatoms. The first-order valence-electron chi connectivity index (χ1n) is 4.87. The van der Waals surface area contributed by atoms with E-state index in [1.165, 1.54) is 0 Å². The van der Waals surface area contributed by atoms with Crippen LogP contribution in [0.3, 0.4) is 0 Å². The number of hydrogen-bond acceptors (Lipinski definition) is 2. The van der Waals surface area contributed by atoms with Gasteiger partial charge in [0.2, 0.25) is 0 Å². The Morgan fingerprint density at radius 1 is 1.00 bits per heavy atom. The highest BCUT2D eigenvalue weighted by atomic mass is 32.2. The van der Waals surface area contributed by atoms with E-state index in [1.54, 1.807) is 13.0 Å². The number of aryl methyl sites for hydroxylation is 2. The van der Waals surface area contributed by atoms with Crippen molar-refractivity contribution in [3.8, 4) is 0 Å². The summed E-state index contributed by atoms with van der Waals surface area (Å²) in [5, 5.41) is 1.42. The summed E-state index contributed by atoms with van der Waals surface area (Å²) >= 11 is 0. The average Bonchev–Trinajstić information content (AvgIpc) is 2.17. The van der Waals surface area contributed by atoms with Gasteiger partial charge in [-0.15, -0.1) is 0 Å². The highest BCUT2D eigenvalue weighted by Crippen LogP contribution is 2.28. The second-order valence-corrected chi connectivity index (χ2v) is 5.22. The van der Waals surface area contributed by atoms with Crippen LogP contribution in [0.15, 0.2) is 35.2 Å². The predicted molar refractivity (Wildman–Crippen MR) is 63.2 cm³/mol. The zero-order valence-electron chi connectivity index (χ0n) is 9.06. The van der Waals surface area contributed by atoms with Crippen LogP contribution in [0.1, 0.15) is 11.1 Å². The standard InChI is InChI=1S/C12H12O3S/c1-8-4-3-5-10-7-6-9(2)12(11(8)10)16(13,14)15/h3-7H,1-2H3,(H,13,14,15). The van der Waals surface area contributed by atoms with Crippen LogP contribution >= 0.6 is 0 Å². The van der Waals surface area contributed by atoms with E-state index in [0.29, 0.717) is 10.9 Å². The van der Waals surface area contributed by atoms with Gasteiger partial charge in [-0.1, -0.05) is 30.3 Å². The van der Waals surface area contributed by atoms with E-state index in [4.69, 9.17) is 0 Å². The molecule has 0 heterocycles. The predicted octanol–water partition coefficient (Wildman–Crippen LogP) is 2.70.